The average molecular weight is 454 g/mol. The van der Waals surface area contributed by atoms with Crippen molar-refractivity contribution in [3.8, 4) is 11.8 Å². The molecular formula is C24H27N3O4S. The van der Waals surface area contributed by atoms with Crippen LogP contribution in [0.4, 0.5) is 0 Å². The van der Waals surface area contributed by atoms with Gasteiger partial charge in [0, 0.05) is 24.1 Å². The summed E-state index contributed by atoms with van der Waals surface area (Å²) in [5.41, 5.74) is 1.06. The van der Waals surface area contributed by atoms with Crippen LogP contribution in [0, 0.1) is 17.2 Å². The maximum absolute atomic E-state index is 12.7. The fourth-order valence-electron chi connectivity index (χ4n) is 4.00. The third kappa shape index (κ3) is 5.54. The molecule has 4 rings (SSSR count). The minimum Gasteiger partial charge on any atom is -0.494 e. The number of benzene rings is 2. The van der Waals surface area contributed by atoms with Crippen LogP contribution in [0.25, 0.3) is 0 Å². The van der Waals surface area contributed by atoms with Crippen molar-refractivity contribution in [1.29, 1.82) is 5.26 Å². The van der Waals surface area contributed by atoms with E-state index in [1.807, 2.05) is 30.3 Å². The van der Waals surface area contributed by atoms with Crippen LogP contribution >= 0.6 is 0 Å². The number of hydrogen-bond acceptors (Lipinski definition) is 6. The Bertz CT molecular complexity index is 1100. The van der Waals surface area contributed by atoms with Crippen molar-refractivity contribution in [2.24, 2.45) is 5.92 Å². The predicted molar refractivity (Wildman–Crippen MR) is 119 cm³/mol. The molecule has 1 heterocycles. The van der Waals surface area contributed by atoms with Gasteiger partial charge in [0.25, 0.3) is 10.0 Å². The number of nitrogens with zero attached hydrogens (tertiary/aromatic N) is 2. The zero-order valence-electron chi connectivity index (χ0n) is 17.9. The number of sulfonamides is 1. The van der Waals surface area contributed by atoms with Crippen molar-refractivity contribution in [1.82, 2.24) is 9.84 Å². The molecule has 0 aromatic heterocycles. The highest BCUT2D eigenvalue weighted by atomic mass is 32.2. The second-order valence-electron chi connectivity index (χ2n) is 8.38. The number of ketones is 1. The Morgan fingerprint density at radius 1 is 1.16 bits per heavy atom. The molecule has 1 atom stereocenters. The number of ether oxygens (including phenoxy) is 1. The van der Waals surface area contributed by atoms with Crippen LogP contribution in [-0.4, -0.2) is 38.4 Å². The van der Waals surface area contributed by atoms with Gasteiger partial charge in [-0.05, 0) is 81.0 Å². The van der Waals surface area contributed by atoms with Gasteiger partial charge in [0.05, 0.1) is 23.1 Å². The highest BCUT2D eigenvalue weighted by molar-refractivity contribution is 7.89. The zero-order chi connectivity index (χ0) is 22.6. The summed E-state index contributed by atoms with van der Waals surface area (Å²) in [4.78, 5) is 14.8. The van der Waals surface area contributed by atoms with Crippen LogP contribution in [0.1, 0.15) is 54.4 Å². The molecule has 0 amide bonds. The molecule has 168 valence electrons. The van der Waals surface area contributed by atoms with Crippen LogP contribution in [-0.2, 0) is 10.0 Å². The lowest BCUT2D eigenvalue weighted by molar-refractivity contribution is 0.0967. The first-order valence-electron chi connectivity index (χ1n) is 11.0. The van der Waals surface area contributed by atoms with E-state index in [0.29, 0.717) is 18.7 Å². The van der Waals surface area contributed by atoms with Crippen molar-refractivity contribution in [2.45, 2.75) is 49.5 Å². The molecule has 0 radical (unpaired) electrons. The molecule has 32 heavy (non-hydrogen) atoms. The summed E-state index contributed by atoms with van der Waals surface area (Å²) in [5.74, 6) is 1.17. The van der Waals surface area contributed by atoms with E-state index in [1.165, 1.54) is 12.1 Å². The molecule has 1 saturated heterocycles. The molecule has 8 heteroatoms. The van der Waals surface area contributed by atoms with E-state index < -0.39 is 10.0 Å². The summed E-state index contributed by atoms with van der Waals surface area (Å²) in [5, 5.41) is 10.8. The van der Waals surface area contributed by atoms with Gasteiger partial charge >= 0.3 is 0 Å². The van der Waals surface area contributed by atoms with Gasteiger partial charge < -0.3 is 4.74 Å². The van der Waals surface area contributed by atoms with Crippen molar-refractivity contribution in [3.05, 3.63) is 59.7 Å². The van der Waals surface area contributed by atoms with Gasteiger partial charge in [-0.1, -0.05) is 6.07 Å². The first-order chi connectivity index (χ1) is 15.5. The highest BCUT2D eigenvalue weighted by Gasteiger charge is 2.30. The summed E-state index contributed by atoms with van der Waals surface area (Å²) in [6.45, 7) is 1.18. The molecule has 1 aliphatic heterocycles. The smallest absolute Gasteiger partial charge is 0.253 e. The first kappa shape index (κ1) is 22.5. The molecule has 2 aromatic rings. The van der Waals surface area contributed by atoms with Crippen LogP contribution in [0.2, 0.25) is 0 Å². The lowest BCUT2D eigenvalue weighted by Crippen LogP contribution is -2.45. The predicted octanol–water partition coefficient (Wildman–Crippen LogP) is 3.67. The van der Waals surface area contributed by atoms with E-state index in [0.717, 1.165) is 49.8 Å². The Morgan fingerprint density at radius 3 is 2.66 bits per heavy atom. The number of rotatable bonds is 10. The number of carbonyl (C=O) groups is 1. The summed E-state index contributed by atoms with van der Waals surface area (Å²) >= 11 is 0. The summed E-state index contributed by atoms with van der Waals surface area (Å²) in [6, 6.07) is 15.4. The summed E-state index contributed by atoms with van der Waals surface area (Å²) in [6.07, 6.45) is 5.42. The fourth-order valence-corrected chi connectivity index (χ4v) is 5.20. The Labute approximate surface area is 189 Å². The molecule has 0 spiro atoms. The molecule has 2 aromatic carbocycles. The van der Waals surface area contributed by atoms with Crippen LogP contribution in [0.5, 0.6) is 5.75 Å². The van der Waals surface area contributed by atoms with Gasteiger partial charge in [0.1, 0.15) is 5.75 Å². The SMILES string of the molecule is N#Cc1cccc(S(=O)(=O)NN2CCCC2CCCOc2ccc(C(=O)C3CC3)cc2)c1. The topological polar surface area (TPSA) is 99.5 Å². The largest absolute Gasteiger partial charge is 0.494 e. The van der Waals surface area contributed by atoms with Crippen molar-refractivity contribution < 1.29 is 17.9 Å². The summed E-state index contributed by atoms with van der Waals surface area (Å²) < 4.78 is 31.3. The molecule has 2 fully saturated rings. The first-order valence-corrected chi connectivity index (χ1v) is 12.5. The molecule has 1 aliphatic carbocycles. The Hall–Kier alpha value is -2.73. The van der Waals surface area contributed by atoms with E-state index in [-0.39, 0.29) is 22.6 Å². The second kappa shape index (κ2) is 9.82. The van der Waals surface area contributed by atoms with Gasteiger partial charge in [-0.2, -0.15) is 5.26 Å². The van der Waals surface area contributed by atoms with E-state index in [4.69, 9.17) is 10.00 Å². The monoisotopic (exact) mass is 453 g/mol. The van der Waals surface area contributed by atoms with Gasteiger partial charge in [-0.25, -0.2) is 13.4 Å². The van der Waals surface area contributed by atoms with E-state index >= 15 is 0 Å². The fraction of sp³-hybridized carbons (Fsp3) is 0.417. The average Bonchev–Trinajstić information content (AvgIpc) is 3.57. The lowest BCUT2D eigenvalue weighted by Gasteiger charge is -2.25. The van der Waals surface area contributed by atoms with Gasteiger partial charge in [-0.3, -0.25) is 4.79 Å². The number of hydrazine groups is 1. The maximum atomic E-state index is 12.7. The third-order valence-corrected chi connectivity index (χ3v) is 7.27. The Morgan fingerprint density at radius 2 is 1.94 bits per heavy atom. The molecule has 0 bridgehead atoms. The van der Waals surface area contributed by atoms with Crippen LogP contribution in [0.3, 0.4) is 0 Å². The summed E-state index contributed by atoms with van der Waals surface area (Å²) in [7, 11) is -3.73. The molecule has 1 N–H and O–H groups in total. The number of nitriles is 1. The molecule has 1 unspecified atom stereocenters. The normalized spacial score (nSPS) is 18.9. The minimum absolute atomic E-state index is 0.0918. The zero-order valence-corrected chi connectivity index (χ0v) is 18.7. The van der Waals surface area contributed by atoms with Gasteiger partial charge in [0.15, 0.2) is 5.78 Å². The number of hydrogen-bond donors (Lipinski definition) is 1. The molecule has 7 nitrogen and oxygen atoms in total. The van der Waals surface area contributed by atoms with E-state index in [2.05, 4.69) is 4.83 Å². The third-order valence-electron chi connectivity index (χ3n) is 5.93. The minimum atomic E-state index is -3.73. The number of nitrogens with one attached hydrogen (secondary N) is 1. The van der Waals surface area contributed by atoms with Gasteiger partial charge in [-0.15, -0.1) is 4.83 Å². The van der Waals surface area contributed by atoms with Crippen molar-refractivity contribution in [2.75, 3.05) is 13.2 Å². The standard InChI is InChI=1S/C24H27N3O4S/c25-17-18-4-1-7-23(16-18)32(29,30)26-27-14-2-5-21(27)6-3-15-31-22-12-10-20(11-13-22)24(28)19-8-9-19/h1,4,7,10-13,16,19,21,26H,2-3,5-6,8-9,14-15H2. The second-order valence-corrected chi connectivity index (χ2v) is 10.0. The molecule has 2 aliphatic rings. The van der Waals surface area contributed by atoms with Crippen molar-refractivity contribution in [3.63, 3.8) is 0 Å². The van der Waals surface area contributed by atoms with Crippen LogP contribution in [0.15, 0.2) is 53.4 Å². The lowest BCUT2D eigenvalue weighted by atomic mass is 10.1. The quantitative estimate of drug-likeness (QED) is 0.435. The Kier molecular flexibility index (Phi) is 6.89. The Balaban J connectivity index is 1.25. The van der Waals surface area contributed by atoms with Crippen molar-refractivity contribution >= 4 is 15.8 Å². The number of Topliss-reactive ketones (excluding diaryl/α,β-unsaturated/α-hetero) is 1. The van der Waals surface area contributed by atoms with E-state index in [1.54, 1.807) is 17.1 Å². The number of carbonyl (C=O) groups excluding carboxylic acids is 1. The molecule has 1 saturated carbocycles. The van der Waals surface area contributed by atoms with E-state index in [9.17, 15) is 13.2 Å². The van der Waals surface area contributed by atoms with Gasteiger partial charge in [0.2, 0.25) is 0 Å². The maximum Gasteiger partial charge on any atom is 0.253 e. The molecular weight excluding hydrogens is 426 g/mol. The highest BCUT2D eigenvalue weighted by Crippen LogP contribution is 2.33. The van der Waals surface area contributed by atoms with Crippen LogP contribution < -0.4 is 9.57 Å².